The molecular formula is C22H30N4O6. The van der Waals surface area contributed by atoms with Crippen molar-refractivity contribution in [2.75, 3.05) is 51.5 Å². The minimum atomic E-state index is -0.782. The van der Waals surface area contributed by atoms with Crippen LogP contribution in [0.15, 0.2) is 29.2 Å². The van der Waals surface area contributed by atoms with Gasteiger partial charge in [0.05, 0.1) is 44.6 Å². The van der Waals surface area contributed by atoms with Gasteiger partial charge in [-0.2, -0.15) is 5.10 Å². The quantitative estimate of drug-likeness (QED) is 0.348. The third kappa shape index (κ3) is 6.59. The van der Waals surface area contributed by atoms with E-state index in [1.54, 1.807) is 18.3 Å². The van der Waals surface area contributed by atoms with E-state index in [-0.39, 0.29) is 24.3 Å². The van der Waals surface area contributed by atoms with Crippen molar-refractivity contribution >= 4 is 28.3 Å². The molecular weight excluding hydrogens is 416 g/mol. The van der Waals surface area contributed by atoms with E-state index in [1.165, 1.54) is 0 Å². The monoisotopic (exact) mass is 446 g/mol. The van der Waals surface area contributed by atoms with E-state index >= 15 is 0 Å². The van der Waals surface area contributed by atoms with E-state index in [2.05, 4.69) is 22.7 Å². The molecule has 1 aliphatic rings. The van der Waals surface area contributed by atoms with Crippen LogP contribution in [0.4, 0.5) is 5.69 Å². The summed E-state index contributed by atoms with van der Waals surface area (Å²) in [6.07, 6.45) is 3.00. The van der Waals surface area contributed by atoms with E-state index < -0.39 is 11.9 Å². The van der Waals surface area contributed by atoms with Crippen LogP contribution in [-0.4, -0.2) is 67.8 Å². The average Bonchev–Trinajstić information content (AvgIpc) is 2.78. The Morgan fingerprint density at radius 3 is 2.50 bits per heavy atom. The Kier molecular flexibility index (Phi) is 9.14. The number of nitrogens with one attached hydrogen (secondary N) is 2. The Morgan fingerprint density at radius 1 is 1.06 bits per heavy atom. The Balaban J connectivity index is 1.47. The van der Waals surface area contributed by atoms with E-state index in [9.17, 15) is 14.4 Å². The van der Waals surface area contributed by atoms with Crippen molar-refractivity contribution in [3.05, 3.63) is 34.7 Å². The van der Waals surface area contributed by atoms with Gasteiger partial charge in [-0.25, -0.2) is 4.68 Å². The molecule has 1 atom stereocenters. The summed E-state index contributed by atoms with van der Waals surface area (Å²) in [4.78, 5) is 36.4. The summed E-state index contributed by atoms with van der Waals surface area (Å²) in [5.74, 6) is -0.833. The summed E-state index contributed by atoms with van der Waals surface area (Å²) in [5, 5.41) is 10.8. The lowest BCUT2D eigenvalue weighted by Crippen LogP contribution is -2.45. The van der Waals surface area contributed by atoms with Crippen molar-refractivity contribution in [3.8, 4) is 0 Å². The lowest BCUT2D eigenvalue weighted by molar-refractivity contribution is -0.136. The summed E-state index contributed by atoms with van der Waals surface area (Å²) in [7, 11) is 0. The standard InChI is InChI=1S/C22H30N4O6/c1-2-8-30-10-12-32-13-11-31-9-7-23-17-4-3-16-15-24-26(22(29)18(16)14-17)19-5-6-20(27)25-21(19)28/h3-4,14-15,19,23H,2,5-13H2,1H3,(H,25,27,28). The zero-order valence-corrected chi connectivity index (χ0v) is 18.3. The lowest BCUT2D eigenvalue weighted by atomic mass is 10.1. The molecule has 1 aromatic carbocycles. The number of imide groups is 1. The van der Waals surface area contributed by atoms with E-state index in [1.807, 2.05) is 6.07 Å². The number of piperidine rings is 1. The number of carbonyl (C=O) groups is 2. The molecule has 3 rings (SSSR count). The van der Waals surface area contributed by atoms with Crippen LogP contribution in [0.1, 0.15) is 32.2 Å². The topological polar surface area (TPSA) is 121 Å². The van der Waals surface area contributed by atoms with Crippen molar-refractivity contribution in [2.45, 2.75) is 32.2 Å². The molecule has 1 aliphatic heterocycles. The average molecular weight is 447 g/mol. The van der Waals surface area contributed by atoms with Gasteiger partial charge in [0.25, 0.3) is 11.5 Å². The minimum absolute atomic E-state index is 0.182. The zero-order valence-electron chi connectivity index (χ0n) is 18.3. The molecule has 10 heteroatoms. The van der Waals surface area contributed by atoms with Crippen molar-refractivity contribution in [3.63, 3.8) is 0 Å². The minimum Gasteiger partial charge on any atom is -0.383 e. The number of amides is 2. The second-order valence-electron chi connectivity index (χ2n) is 7.43. The number of hydrogen-bond acceptors (Lipinski definition) is 8. The molecule has 1 fully saturated rings. The van der Waals surface area contributed by atoms with E-state index in [0.717, 1.165) is 23.4 Å². The van der Waals surface area contributed by atoms with Gasteiger partial charge in [0.15, 0.2) is 0 Å². The van der Waals surface area contributed by atoms with Gasteiger partial charge in [-0.05, 0) is 25.0 Å². The van der Waals surface area contributed by atoms with Gasteiger partial charge in [0, 0.05) is 30.6 Å². The first-order valence-electron chi connectivity index (χ1n) is 10.9. The fraction of sp³-hybridized carbons (Fsp3) is 0.545. The third-order valence-electron chi connectivity index (χ3n) is 4.99. The fourth-order valence-corrected chi connectivity index (χ4v) is 3.36. The van der Waals surface area contributed by atoms with E-state index in [0.29, 0.717) is 50.4 Å². The maximum Gasteiger partial charge on any atom is 0.275 e. The number of anilines is 1. The second-order valence-corrected chi connectivity index (χ2v) is 7.43. The van der Waals surface area contributed by atoms with Crippen LogP contribution in [0, 0.1) is 0 Å². The fourth-order valence-electron chi connectivity index (χ4n) is 3.36. The molecule has 2 heterocycles. The Bertz CT molecular complexity index is 977. The van der Waals surface area contributed by atoms with Crippen molar-refractivity contribution in [2.24, 2.45) is 0 Å². The number of ether oxygens (including phenoxy) is 3. The molecule has 2 N–H and O–H groups in total. The highest BCUT2D eigenvalue weighted by Crippen LogP contribution is 2.19. The SMILES string of the molecule is CCCOCCOCCOCCNc1ccc2cnn(C3CCC(=O)NC3=O)c(=O)c2c1. The highest BCUT2D eigenvalue weighted by Gasteiger charge is 2.29. The molecule has 0 aliphatic carbocycles. The molecule has 0 saturated carbocycles. The first kappa shape index (κ1) is 23.8. The van der Waals surface area contributed by atoms with Gasteiger partial charge >= 0.3 is 0 Å². The van der Waals surface area contributed by atoms with Crippen LogP contribution in [0.25, 0.3) is 10.8 Å². The van der Waals surface area contributed by atoms with Crippen LogP contribution in [-0.2, 0) is 23.8 Å². The summed E-state index contributed by atoms with van der Waals surface area (Å²) >= 11 is 0. The largest absolute Gasteiger partial charge is 0.383 e. The van der Waals surface area contributed by atoms with Gasteiger partial charge in [-0.15, -0.1) is 0 Å². The van der Waals surface area contributed by atoms with Gasteiger partial charge < -0.3 is 19.5 Å². The van der Waals surface area contributed by atoms with Crippen LogP contribution < -0.4 is 16.2 Å². The van der Waals surface area contributed by atoms with Crippen molar-refractivity contribution in [1.29, 1.82) is 0 Å². The van der Waals surface area contributed by atoms with Gasteiger partial charge in [0.2, 0.25) is 5.91 Å². The first-order chi connectivity index (χ1) is 15.6. The van der Waals surface area contributed by atoms with Crippen LogP contribution >= 0.6 is 0 Å². The van der Waals surface area contributed by atoms with Crippen LogP contribution in [0.3, 0.4) is 0 Å². The summed E-state index contributed by atoms with van der Waals surface area (Å²) in [6.45, 7) is 6.04. The van der Waals surface area contributed by atoms with Crippen molar-refractivity contribution < 1.29 is 23.8 Å². The third-order valence-corrected chi connectivity index (χ3v) is 4.99. The molecule has 2 amide bonds. The molecule has 32 heavy (non-hydrogen) atoms. The van der Waals surface area contributed by atoms with Gasteiger partial charge in [-0.1, -0.05) is 13.0 Å². The molecule has 1 saturated heterocycles. The Hall–Kier alpha value is -2.82. The van der Waals surface area contributed by atoms with Gasteiger partial charge in [0.1, 0.15) is 6.04 Å². The van der Waals surface area contributed by atoms with Crippen LogP contribution in [0.2, 0.25) is 0 Å². The molecule has 1 unspecified atom stereocenters. The highest BCUT2D eigenvalue weighted by atomic mass is 16.5. The number of aromatic nitrogens is 2. The maximum atomic E-state index is 12.9. The number of benzene rings is 1. The second kappa shape index (κ2) is 12.3. The highest BCUT2D eigenvalue weighted by molar-refractivity contribution is 5.99. The smallest absolute Gasteiger partial charge is 0.275 e. The number of hydrogen-bond donors (Lipinski definition) is 2. The summed E-state index contributed by atoms with van der Waals surface area (Å²) in [5.41, 5.74) is 0.403. The molecule has 0 bridgehead atoms. The summed E-state index contributed by atoms with van der Waals surface area (Å²) in [6, 6.07) is 4.62. The lowest BCUT2D eigenvalue weighted by Gasteiger charge is -2.21. The maximum absolute atomic E-state index is 12.9. The predicted molar refractivity (Wildman–Crippen MR) is 119 cm³/mol. The number of rotatable bonds is 13. The Morgan fingerprint density at radius 2 is 1.78 bits per heavy atom. The zero-order chi connectivity index (χ0) is 22.8. The molecule has 0 spiro atoms. The first-order valence-corrected chi connectivity index (χ1v) is 10.9. The number of fused-ring (bicyclic) bond motifs is 1. The van der Waals surface area contributed by atoms with Crippen molar-refractivity contribution in [1.82, 2.24) is 15.1 Å². The molecule has 174 valence electrons. The molecule has 0 radical (unpaired) electrons. The Labute approximate surface area is 186 Å². The number of carbonyl (C=O) groups excluding carboxylic acids is 2. The molecule has 1 aromatic heterocycles. The molecule has 2 aromatic rings. The number of nitrogens with zero attached hydrogens (tertiary/aromatic N) is 2. The summed E-state index contributed by atoms with van der Waals surface area (Å²) < 4.78 is 17.4. The van der Waals surface area contributed by atoms with Gasteiger partial charge in [-0.3, -0.25) is 19.7 Å². The predicted octanol–water partition coefficient (Wildman–Crippen LogP) is 1.25. The van der Waals surface area contributed by atoms with E-state index in [4.69, 9.17) is 14.2 Å². The molecule has 10 nitrogen and oxygen atoms in total. The van der Waals surface area contributed by atoms with Crippen LogP contribution in [0.5, 0.6) is 0 Å². The normalized spacial score (nSPS) is 16.3.